The average molecular weight is 383 g/mol. The van der Waals surface area contributed by atoms with Crippen molar-refractivity contribution in [3.8, 4) is 0 Å². The summed E-state index contributed by atoms with van der Waals surface area (Å²) >= 11 is 0. The third-order valence-electron chi connectivity index (χ3n) is 6.29. The molecule has 0 bridgehead atoms. The fourth-order valence-electron chi connectivity index (χ4n) is 5.35. The Balaban J connectivity index is 2.03. The Kier molecular flexibility index (Phi) is 5.55. The van der Waals surface area contributed by atoms with Gasteiger partial charge in [0.05, 0.1) is 5.71 Å². The summed E-state index contributed by atoms with van der Waals surface area (Å²) in [4.78, 5) is 43.6. The molecule has 0 heterocycles. The van der Waals surface area contributed by atoms with E-state index in [9.17, 15) is 14.4 Å². The van der Waals surface area contributed by atoms with Gasteiger partial charge in [-0.25, -0.2) is 0 Å². The minimum absolute atomic E-state index is 0.0308. The zero-order valence-corrected chi connectivity index (χ0v) is 17.5. The third kappa shape index (κ3) is 3.21. The molecule has 2 aliphatic rings. The van der Waals surface area contributed by atoms with Gasteiger partial charge in [-0.3, -0.25) is 14.4 Å². The Labute approximate surface area is 166 Å². The number of carbonyl (C=O) groups is 3. The molecule has 0 amide bonds. The highest BCUT2D eigenvalue weighted by Crippen LogP contribution is 2.50. The molecule has 1 spiro atoms. The number of nitrogens with zero attached hydrogens (tertiary/aromatic N) is 1. The molecule has 0 aromatic heterocycles. The topological polar surface area (TPSA) is 72.8 Å². The van der Waals surface area contributed by atoms with E-state index in [-0.39, 0.29) is 17.3 Å². The number of oxime groups is 1. The second-order valence-electron chi connectivity index (χ2n) is 8.14. The summed E-state index contributed by atoms with van der Waals surface area (Å²) in [6, 6.07) is 2.07. The molecular weight excluding hydrogens is 354 g/mol. The fourth-order valence-corrected chi connectivity index (χ4v) is 5.35. The molecule has 28 heavy (non-hydrogen) atoms. The van der Waals surface area contributed by atoms with E-state index in [0.29, 0.717) is 31.6 Å². The molecule has 0 radical (unpaired) electrons. The average Bonchev–Trinajstić information content (AvgIpc) is 2.94. The highest BCUT2D eigenvalue weighted by atomic mass is 16.6. The van der Waals surface area contributed by atoms with Gasteiger partial charge in [-0.15, -0.1) is 0 Å². The van der Waals surface area contributed by atoms with Crippen molar-refractivity contribution in [2.75, 3.05) is 6.61 Å². The molecule has 0 unspecified atom stereocenters. The largest absolute Gasteiger partial charge is 0.396 e. The predicted molar refractivity (Wildman–Crippen MR) is 108 cm³/mol. The first kappa shape index (κ1) is 20.4. The lowest BCUT2D eigenvalue weighted by Gasteiger charge is -2.37. The normalized spacial score (nSPS) is 24.6. The minimum atomic E-state index is -0.788. The molecule has 0 saturated heterocycles. The third-order valence-corrected chi connectivity index (χ3v) is 6.29. The van der Waals surface area contributed by atoms with Crippen molar-refractivity contribution in [3.63, 3.8) is 0 Å². The van der Waals surface area contributed by atoms with Crippen LogP contribution in [0, 0.1) is 19.8 Å². The van der Waals surface area contributed by atoms with Crippen molar-refractivity contribution in [3.05, 3.63) is 33.9 Å². The Morgan fingerprint density at radius 2 is 1.86 bits per heavy atom. The molecule has 1 aromatic carbocycles. The van der Waals surface area contributed by atoms with Crippen LogP contribution in [0.25, 0.3) is 0 Å². The Morgan fingerprint density at radius 1 is 1.21 bits per heavy atom. The predicted octanol–water partition coefficient (Wildman–Crippen LogP) is 4.04. The Bertz CT molecular complexity index is 863. The molecular formula is C23H29NO4. The van der Waals surface area contributed by atoms with E-state index < -0.39 is 11.3 Å². The lowest BCUT2D eigenvalue weighted by molar-refractivity contribution is -0.135. The van der Waals surface area contributed by atoms with Crippen LogP contribution in [0.15, 0.2) is 11.2 Å². The van der Waals surface area contributed by atoms with E-state index in [2.05, 4.69) is 11.2 Å². The van der Waals surface area contributed by atoms with E-state index in [1.54, 1.807) is 6.92 Å². The molecule has 0 atom stereocenters. The summed E-state index contributed by atoms with van der Waals surface area (Å²) in [5.74, 6) is -0.907. The standard InChI is InChI=1S/C23H29NO4/c1-6-17(24-28-7-2)21-18(26)11-23(12-19(21)27)9-8-16-10-13(3)20(15(5)25)14(4)22(16)23/h10,21H,6-9,11-12H2,1-5H3/b24-17-. The number of aryl methyl sites for hydroxylation is 2. The summed E-state index contributed by atoms with van der Waals surface area (Å²) in [6.45, 7) is 9.62. The van der Waals surface area contributed by atoms with Gasteiger partial charge >= 0.3 is 0 Å². The van der Waals surface area contributed by atoms with Crippen LogP contribution < -0.4 is 0 Å². The summed E-state index contributed by atoms with van der Waals surface area (Å²) in [5, 5.41) is 4.04. The van der Waals surface area contributed by atoms with Crippen LogP contribution in [0.5, 0.6) is 0 Å². The van der Waals surface area contributed by atoms with Gasteiger partial charge in [0.1, 0.15) is 24.1 Å². The van der Waals surface area contributed by atoms with Gasteiger partial charge in [0.2, 0.25) is 0 Å². The van der Waals surface area contributed by atoms with E-state index in [1.807, 2.05) is 27.7 Å². The highest BCUT2D eigenvalue weighted by Gasteiger charge is 2.51. The van der Waals surface area contributed by atoms with Crippen molar-refractivity contribution >= 4 is 23.1 Å². The molecule has 2 aliphatic carbocycles. The van der Waals surface area contributed by atoms with Gasteiger partial charge in [0, 0.05) is 23.8 Å². The monoisotopic (exact) mass is 383 g/mol. The molecule has 0 aliphatic heterocycles. The maximum Gasteiger partial charge on any atom is 0.160 e. The van der Waals surface area contributed by atoms with Crippen LogP contribution in [0.1, 0.15) is 79.1 Å². The smallest absolute Gasteiger partial charge is 0.160 e. The number of Topliss-reactive ketones (excluding diaryl/α,β-unsaturated/α-hetero) is 3. The molecule has 1 aromatic rings. The summed E-state index contributed by atoms with van der Waals surface area (Å²) in [6.07, 6.45) is 2.77. The Morgan fingerprint density at radius 3 is 2.39 bits per heavy atom. The zero-order valence-electron chi connectivity index (χ0n) is 17.5. The minimum Gasteiger partial charge on any atom is -0.396 e. The van der Waals surface area contributed by atoms with Gasteiger partial charge in [-0.05, 0) is 69.2 Å². The number of benzene rings is 1. The molecule has 5 heteroatoms. The molecule has 0 N–H and O–H groups in total. The van der Waals surface area contributed by atoms with Crippen molar-refractivity contribution in [1.29, 1.82) is 0 Å². The molecule has 5 nitrogen and oxygen atoms in total. The van der Waals surface area contributed by atoms with Crippen molar-refractivity contribution < 1.29 is 19.2 Å². The molecule has 1 fully saturated rings. The van der Waals surface area contributed by atoms with Gasteiger partial charge < -0.3 is 4.84 Å². The number of hydrogen-bond acceptors (Lipinski definition) is 5. The van der Waals surface area contributed by atoms with Crippen LogP contribution in [0.4, 0.5) is 0 Å². The van der Waals surface area contributed by atoms with Crippen LogP contribution in [0.3, 0.4) is 0 Å². The van der Waals surface area contributed by atoms with Crippen LogP contribution in [-0.2, 0) is 26.3 Å². The van der Waals surface area contributed by atoms with E-state index in [4.69, 9.17) is 4.84 Å². The van der Waals surface area contributed by atoms with Gasteiger partial charge in [-0.1, -0.05) is 18.1 Å². The van der Waals surface area contributed by atoms with Gasteiger partial charge in [0.25, 0.3) is 0 Å². The first-order valence-electron chi connectivity index (χ1n) is 10.1. The SMILES string of the molecule is CCO/N=C(/CC)C1C(=O)CC2(CCc3cc(C)c(C(C)=O)c(C)c32)CC1=O. The number of ketones is 3. The van der Waals surface area contributed by atoms with E-state index in [1.165, 1.54) is 5.56 Å². The number of carbonyl (C=O) groups excluding carboxylic acids is 3. The van der Waals surface area contributed by atoms with E-state index in [0.717, 1.165) is 35.1 Å². The summed E-state index contributed by atoms with van der Waals surface area (Å²) in [5.41, 5.74) is 4.93. The fraction of sp³-hybridized carbons (Fsp3) is 0.565. The van der Waals surface area contributed by atoms with Crippen molar-refractivity contribution in [1.82, 2.24) is 0 Å². The molecule has 150 valence electrons. The quantitative estimate of drug-likeness (QED) is 0.333. The van der Waals surface area contributed by atoms with Crippen molar-refractivity contribution in [2.24, 2.45) is 11.1 Å². The maximum absolute atomic E-state index is 13.1. The highest BCUT2D eigenvalue weighted by molar-refractivity contribution is 6.22. The van der Waals surface area contributed by atoms with Crippen LogP contribution in [0.2, 0.25) is 0 Å². The second-order valence-corrected chi connectivity index (χ2v) is 8.14. The molecule has 1 saturated carbocycles. The summed E-state index contributed by atoms with van der Waals surface area (Å²) < 4.78 is 0. The first-order chi connectivity index (χ1) is 13.3. The maximum atomic E-state index is 13.1. The lowest BCUT2D eigenvalue weighted by Crippen LogP contribution is -2.45. The van der Waals surface area contributed by atoms with Crippen molar-refractivity contribution in [2.45, 2.75) is 72.1 Å². The second kappa shape index (κ2) is 7.61. The lowest BCUT2D eigenvalue weighted by atomic mass is 9.64. The molecule has 3 rings (SSSR count). The number of hydrogen-bond donors (Lipinski definition) is 0. The number of fused-ring (bicyclic) bond motifs is 2. The first-order valence-corrected chi connectivity index (χ1v) is 10.1. The van der Waals surface area contributed by atoms with Gasteiger partial charge in [0.15, 0.2) is 5.78 Å². The van der Waals surface area contributed by atoms with Crippen LogP contribution in [-0.4, -0.2) is 29.7 Å². The van der Waals surface area contributed by atoms with Crippen LogP contribution >= 0.6 is 0 Å². The Hall–Kier alpha value is -2.30. The zero-order chi connectivity index (χ0) is 20.6. The van der Waals surface area contributed by atoms with Gasteiger partial charge in [-0.2, -0.15) is 0 Å². The number of rotatable bonds is 5. The van der Waals surface area contributed by atoms with E-state index >= 15 is 0 Å². The summed E-state index contributed by atoms with van der Waals surface area (Å²) in [7, 11) is 0.